The monoisotopic (exact) mass is 446 g/mol. The Balaban J connectivity index is 1.41. The average Bonchev–Trinajstić information content (AvgIpc) is 3.24. The second-order valence-corrected chi connectivity index (χ2v) is 7.54. The van der Waals surface area contributed by atoms with Gasteiger partial charge in [0.2, 0.25) is 0 Å². The lowest BCUT2D eigenvalue weighted by Gasteiger charge is -2.36. The number of amides is 1. The minimum absolute atomic E-state index is 0.0543. The lowest BCUT2D eigenvalue weighted by molar-refractivity contribution is -0.384. The van der Waals surface area contributed by atoms with Gasteiger partial charge in [0.25, 0.3) is 11.6 Å². The van der Waals surface area contributed by atoms with Crippen molar-refractivity contribution in [2.45, 2.75) is 0 Å². The van der Waals surface area contributed by atoms with Gasteiger partial charge in [0.15, 0.2) is 5.69 Å². The van der Waals surface area contributed by atoms with Crippen molar-refractivity contribution >= 4 is 40.5 Å². The Kier molecular flexibility index (Phi) is 5.56. The number of benzene rings is 2. The Bertz CT molecular complexity index is 1090. The zero-order valence-electron chi connectivity index (χ0n) is 15.6. The number of non-ortho nitro benzene ring substituents is 1. The largest absolute Gasteiger partial charge is 0.367 e. The van der Waals surface area contributed by atoms with Gasteiger partial charge in [-0.15, -0.1) is 5.10 Å². The predicted octanol–water partition coefficient (Wildman–Crippen LogP) is 3.44. The summed E-state index contributed by atoms with van der Waals surface area (Å²) in [6.45, 7) is 2.04. The van der Waals surface area contributed by atoms with Gasteiger partial charge >= 0.3 is 0 Å². The van der Waals surface area contributed by atoms with E-state index in [1.54, 1.807) is 41.4 Å². The fourth-order valence-corrected chi connectivity index (χ4v) is 3.68. The van der Waals surface area contributed by atoms with E-state index in [-0.39, 0.29) is 17.3 Å². The van der Waals surface area contributed by atoms with E-state index >= 15 is 0 Å². The van der Waals surface area contributed by atoms with Crippen molar-refractivity contribution < 1.29 is 9.72 Å². The van der Waals surface area contributed by atoms with Crippen molar-refractivity contribution in [3.8, 4) is 5.69 Å². The maximum absolute atomic E-state index is 12.8. The maximum Gasteiger partial charge on any atom is 0.276 e. The first-order valence-electron chi connectivity index (χ1n) is 9.09. The fraction of sp³-hybridized carbons (Fsp3) is 0.211. The van der Waals surface area contributed by atoms with Crippen LogP contribution in [0.25, 0.3) is 5.69 Å². The lowest BCUT2D eigenvalue weighted by atomic mass is 10.2. The number of carbonyl (C=O) groups excluding carboxylic acids is 1. The van der Waals surface area contributed by atoms with E-state index in [1.807, 2.05) is 4.90 Å². The minimum atomic E-state index is -0.483. The molecule has 0 N–H and O–H groups in total. The highest BCUT2D eigenvalue weighted by atomic mass is 35.5. The summed E-state index contributed by atoms with van der Waals surface area (Å²) in [6.07, 6.45) is 1.59. The first-order valence-corrected chi connectivity index (χ1v) is 9.84. The van der Waals surface area contributed by atoms with E-state index in [0.29, 0.717) is 41.9 Å². The van der Waals surface area contributed by atoms with Crippen molar-refractivity contribution in [1.29, 1.82) is 0 Å². The summed E-state index contributed by atoms with van der Waals surface area (Å²) in [6, 6.07) is 11.5. The minimum Gasteiger partial charge on any atom is -0.367 e. The molecule has 11 heteroatoms. The van der Waals surface area contributed by atoms with E-state index in [2.05, 4.69) is 10.3 Å². The van der Waals surface area contributed by atoms with Crippen LogP contribution in [0.15, 0.2) is 48.7 Å². The Labute approximate surface area is 181 Å². The molecule has 0 spiro atoms. The third-order valence-corrected chi connectivity index (χ3v) is 5.41. The zero-order valence-corrected chi connectivity index (χ0v) is 17.1. The van der Waals surface area contributed by atoms with Gasteiger partial charge in [-0.3, -0.25) is 14.9 Å². The summed E-state index contributed by atoms with van der Waals surface area (Å²) < 4.78 is 1.52. The number of nitro groups is 1. The van der Waals surface area contributed by atoms with E-state index < -0.39 is 4.92 Å². The van der Waals surface area contributed by atoms with Crippen molar-refractivity contribution in [3.05, 3.63) is 74.5 Å². The standard InChI is InChI=1S/C19H16Cl2N6O3/c20-13-1-3-14(4-2-13)26-12-17(22-23-26)19(28)25-9-7-24(8-10-25)18-6-5-15(27(29)30)11-16(18)21/h1-6,11-12H,7-10H2. The zero-order chi connectivity index (χ0) is 21.3. The summed E-state index contributed by atoms with van der Waals surface area (Å²) >= 11 is 12.1. The molecule has 0 saturated carbocycles. The second-order valence-electron chi connectivity index (χ2n) is 6.70. The topological polar surface area (TPSA) is 97.4 Å². The molecule has 1 aliphatic heterocycles. The average molecular weight is 447 g/mol. The molecule has 30 heavy (non-hydrogen) atoms. The molecule has 0 atom stereocenters. The van der Waals surface area contributed by atoms with E-state index in [0.717, 1.165) is 5.69 Å². The number of hydrogen-bond acceptors (Lipinski definition) is 6. The van der Waals surface area contributed by atoms with Gasteiger partial charge in [0, 0.05) is 43.3 Å². The molecular weight excluding hydrogens is 431 g/mol. The van der Waals surface area contributed by atoms with Crippen LogP contribution in [0.5, 0.6) is 0 Å². The number of rotatable bonds is 4. The molecule has 2 aromatic carbocycles. The number of aromatic nitrogens is 3. The van der Waals surface area contributed by atoms with Gasteiger partial charge in [-0.1, -0.05) is 28.4 Å². The third-order valence-electron chi connectivity index (χ3n) is 4.85. The molecule has 0 unspecified atom stereocenters. The Morgan fingerprint density at radius 2 is 1.73 bits per heavy atom. The van der Waals surface area contributed by atoms with Crippen LogP contribution < -0.4 is 4.90 Å². The van der Waals surface area contributed by atoms with E-state index in [4.69, 9.17) is 23.2 Å². The quantitative estimate of drug-likeness (QED) is 0.449. The normalized spacial score (nSPS) is 14.1. The number of hydrogen-bond donors (Lipinski definition) is 0. The smallest absolute Gasteiger partial charge is 0.276 e. The van der Waals surface area contributed by atoms with Crippen LogP contribution in [-0.4, -0.2) is 56.9 Å². The Hall–Kier alpha value is -3.17. The van der Waals surface area contributed by atoms with Crippen LogP contribution in [0.3, 0.4) is 0 Å². The first kappa shape index (κ1) is 20.1. The fourth-order valence-electron chi connectivity index (χ4n) is 3.26. The molecule has 1 saturated heterocycles. The number of nitrogens with zero attached hydrogens (tertiary/aromatic N) is 6. The molecule has 0 bridgehead atoms. The van der Waals surface area contributed by atoms with Crippen LogP contribution in [0.4, 0.5) is 11.4 Å². The molecule has 3 aromatic rings. The SMILES string of the molecule is O=C(c1cn(-c2ccc(Cl)cc2)nn1)N1CCN(c2ccc([N+](=O)[O-])cc2Cl)CC1. The number of nitro benzene ring substituents is 1. The van der Waals surface area contributed by atoms with Crippen LogP contribution in [0.2, 0.25) is 10.0 Å². The second kappa shape index (κ2) is 8.29. The lowest BCUT2D eigenvalue weighted by Crippen LogP contribution is -2.49. The van der Waals surface area contributed by atoms with Crippen molar-refractivity contribution in [3.63, 3.8) is 0 Å². The van der Waals surface area contributed by atoms with Crippen LogP contribution in [0, 0.1) is 10.1 Å². The molecule has 1 aliphatic rings. The Morgan fingerprint density at radius 3 is 2.37 bits per heavy atom. The first-order chi connectivity index (χ1) is 14.4. The highest BCUT2D eigenvalue weighted by Gasteiger charge is 2.25. The molecule has 1 fully saturated rings. The van der Waals surface area contributed by atoms with E-state index in [9.17, 15) is 14.9 Å². The van der Waals surface area contributed by atoms with Crippen molar-refractivity contribution in [1.82, 2.24) is 19.9 Å². The number of carbonyl (C=O) groups is 1. The van der Waals surface area contributed by atoms with Crippen LogP contribution in [0.1, 0.15) is 10.5 Å². The molecular formula is C19H16Cl2N6O3. The van der Waals surface area contributed by atoms with Gasteiger partial charge in [-0.05, 0) is 30.3 Å². The highest BCUT2D eigenvalue weighted by molar-refractivity contribution is 6.33. The predicted molar refractivity (Wildman–Crippen MR) is 113 cm³/mol. The summed E-state index contributed by atoms with van der Waals surface area (Å²) in [5.41, 5.74) is 1.67. The third kappa shape index (κ3) is 4.07. The number of anilines is 1. The summed E-state index contributed by atoms with van der Waals surface area (Å²) in [5, 5.41) is 19.8. The maximum atomic E-state index is 12.8. The molecule has 9 nitrogen and oxygen atoms in total. The van der Waals surface area contributed by atoms with Crippen molar-refractivity contribution in [2.75, 3.05) is 31.1 Å². The van der Waals surface area contributed by atoms with Gasteiger partial charge < -0.3 is 9.80 Å². The van der Waals surface area contributed by atoms with Gasteiger partial charge in [0.05, 0.1) is 27.5 Å². The van der Waals surface area contributed by atoms with E-state index in [1.165, 1.54) is 16.8 Å². The Morgan fingerprint density at radius 1 is 1.03 bits per heavy atom. The molecule has 154 valence electrons. The van der Waals surface area contributed by atoms with Gasteiger partial charge in [-0.25, -0.2) is 4.68 Å². The number of piperazine rings is 1. The van der Waals surface area contributed by atoms with Crippen LogP contribution >= 0.6 is 23.2 Å². The molecule has 1 amide bonds. The van der Waals surface area contributed by atoms with Crippen molar-refractivity contribution in [2.24, 2.45) is 0 Å². The molecule has 0 radical (unpaired) electrons. The number of halogens is 2. The summed E-state index contributed by atoms with van der Waals surface area (Å²) in [4.78, 5) is 26.9. The van der Waals surface area contributed by atoms with Crippen LogP contribution in [-0.2, 0) is 0 Å². The highest BCUT2D eigenvalue weighted by Crippen LogP contribution is 2.30. The molecule has 1 aromatic heterocycles. The van der Waals surface area contributed by atoms with Gasteiger partial charge in [0.1, 0.15) is 0 Å². The summed E-state index contributed by atoms with van der Waals surface area (Å²) in [7, 11) is 0. The molecule has 2 heterocycles. The molecule has 4 rings (SSSR count). The summed E-state index contributed by atoms with van der Waals surface area (Å²) in [5.74, 6) is -0.204. The van der Waals surface area contributed by atoms with Gasteiger partial charge in [-0.2, -0.15) is 0 Å². The molecule has 0 aliphatic carbocycles.